The van der Waals surface area contributed by atoms with Crippen LogP contribution in [-0.2, 0) is 19.7 Å². The lowest BCUT2D eigenvalue weighted by atomic mass is 10.1. The van der Waals surface area contributed by atoms with Crippen LogP contribution in [0.25, 0.3) is 0 Å². The number of aryl methyl sites for hydroxylation is 1. The topological polar surface area (TPSA) is 70.6 Å². The molecular weight excluding hydrogens is 292 g/mol. The first-order valence-electron chi connectivity index (χ1n) is 7.47. The van der Waals surface area contributed by atoms with E-state index in [1.807, 2.05) is 49.4 Å². The number of carbonyl (C=O) groups excluding carboxylic acids is 1. The van der Waals surface area contributed by atoms with Gasteiger partial charge in [-0.15, -0.1) is 0 Å². The Bertz CT molecular complexity index is 671. The minimum atomic E-state index is -0.244. The van der Waals surface area contributed by atoms with Gasteiger partial charge < -0.3 is 20.5 Å². The molecule has 2 rings (SSSR count). The number of aliphatic hydroxyl groups is 1. The molecular formula is C18H22N2O3. The number of hydrogen-bond donors (Lipinski definition) is 3. The highest BCUT2D eigenvalue weighted by molar-refractivity contribution is 5.73. The summed E-state index contributed by atoms with van der Waals surface area (Å²) in [6.45, 7) is 2.75. The molecule has 5 nitrogen and oxygen atoms in total. The van der Waals surface area contributed by atoms with Crippen LogP contribution in [0.2, 0.25) is 0 Å². The second kappa shape index (κ2) is 8.19. The summed E-state index contributed by atoms with van der Waals surface area (Å²) >= 11 is 0. The Hall–Kier alpha value is -2.53. The third-order valence-electron chi connectivity index (χ3n) is 3.64. The van der Waals surface area contributed by atoms with Gasteiger partial charge in [-0.05, 0) is 35.2 Å². The predicted molar refractivity (Wildman–Crippen MR) is 89.2 cm³/mol. The monoisotopic (exact) mass is 314 g/mol. The number of urea groups is 1. The summed E-state index contributed by atoms with van der Waals surface area (Å²) in [4.78, 5) is 11.9. The van der Waals surface area contributed by atoms with Crippen molar-refractivity contribution in [3.05, 3.63) is 64.7 Å². The molecule has 0 fully saturated rings. The van der Waals surface area contributed by atoms with Gasteiger partial charge in [0.25, 0.3) is 0 Å². The molecule has 23 heavy (non-hydrogen) atoms. The van der Waals surface area contributed by atoms with Crippen molar-refractivity contribution in [2.45, 2.75) is 26.6 Å². The van der Waals surface area contributed by atoms with E-state index in [0.717, 1.165) is 28.0 Å². The largest absolute Gasteiger partial charge is 0.496 e. The Kier molecular flexibility index (Phi) is 6.00. The molecule has 2 aromatic rings. The molecule has 0 bridgehead atoms. The van der Waals surface area contributed by atoms with Crippen molar-refractivity contribution >= 4 is 6.03 Å². The summed E-state index contributed by atoms with van der Waals surface area (Å²) in [6.07, 6.45) is 0. The zero-order valence-electron chi connectivity index (χ0n) is 13.4. The fourth-order valence-electron chi connectivity index (χ4n) is 2.36. The van der Waals surface area contributed by atoms with E-state index in [1.165, 1.54) is 0 Å². The Labute approximate surface area is 136 Å². The van der Waals surface area contributed by atoms with Crippen LogP contribution in [0.5, 0.6) is 5.75 Å². The molecule has 0 spiro atoms. The first-order chi connectivity index (χ1) is 11.1. The molecule has 3 N–H and O–H groups in total. The van der Waals surface area contributed by atoms with Crippen molar-refractivity contribution < 1.29 is 14.6 Å². The molecule has 5 heteroatoms. The second-order valence-corrected chi connectivity index (χ2v) is 5.27. The molecule has 0 aliphatic carbocycles. The van der Waals surface area contributed by atoms with E-state index in [9.17, 15) is 9.90 Å². The minimum absolute atomic E-state index is 0.0371. The van der Waals surface area contributed by atoms with Crippen LogP contribution in [-0.4, -0.2) is 18.2 Å². The molecule has 0 saturated carbocycles. The predicted octanol–water partition coefficient (Wildman–Crippen LogP) is 2.50. The molecule has 0 atom stereocenters. The number of aliphatic hydroxyl groups excluding tert-OH is 1. The number of amides is 2. The maximum Gasteiger partial charge on any atom is 0.315 e. The average molecular weight is 314 g/mol. The SMILES string of the molecule is COc1ccc(CNC(=O)NCc2ccccc2CO)cc1C. The van der Waals surface area contributed by atoms with Gasteiger partial charge in [-0.25, -0.2) is 4.79 Å². The van der Waals surface area contributed by atoms with Crippen LogP contribution in [0.3, 0.4) is 0 Å². The van der Waals surface area contributed by atoms with E-state index in [-0.39, 0.29) is 12.6 Å². The standard InChI is InChI=1S/C18H22N2O3/c1-13-9-14(7-8-17(13)23-2)10-19-18(22)20-11-15-5-3-4-6-16(15)12-21/h3-9,21H,10-12H2,1-2H3,(H2,19,20,22). The van der Waals surface area contributed by atoms with Crippen LogP contribution in [0.4, 0.5) is 4.79 Å². The van der Waals surface area contributed by atoms with Crippen molar-refractivity contribution in [3.63, 3.8) is 0 Å². The van der Waals surface area contributed by atoms with Gasteiger partial charge in [-0.2, -0.15) is 0 Å². The minimum Gasteiger partial charge on any atom is -0.496 e. The smallest absolute Gasteiger partial charge is 0.315 e. The highest BCUT2D eigenvalue weighted by atomic mass is 16.5. The van der Waals surface area contributed by atoms with Gasteiger partial charge in [0.2, 0.25) is 0 Å². The molecule has 0 heterocycles. The van der Waals surface area contributed by atoms with Gasteiger partial charge in [0, 0.05) is 13.1 Å². The summed E-state index contributed by atoms with van der Waals surface area (Å²) in [5.41, 5.74) is 3.77. The van der Waals surface area contributed by atoms with Crippen LogP contribution >= 0.6 is 0 Å². The summed E-state index contributed by atoms with van der Waals surface area (Å²) in [5.74, 6) is 0.832. The third kappa shape index (κ3) is 4.72. The van der Waals surface area contributed by atoms with E-state index in [2.05, 4.69) is 10.6 Å². The maximum atomic E-state index is 11.9. The van der Waals surface area contributed by atoms with Crippen LogP contribution in [0.1, 0.15) is 22.3 Å². The molecule has 0 saturated heterocycles. The van der Waals surface area contributed by atoms with E-state index in [4.69, 9.17) is 4.74 Å². The van der Waals surface area contributed by atoms with E-state index < -0.39 is 0 Å². The van der Waals surface area contributed by atoms with Crippen molar-refractivity contribution in [2.75, 3.05) is 7.11 Å². The normalized spacial score (nSPS) is 10.2. The summed E-state index contributed by atoms with van der Waals surface area (Å²) in [6, 6.07) is 13.0. The van der Waals surface area contributed by atoms with Gasteiger partial charge in [-0.3, -0.25) is 0 Å². The Balaban J connectivity index is 1.84. The molecule has 0 unspecified atom stereocenters. The van der Waals surface area contributed by atoms with Crippen molar-refractivity contribution in [2.24, 2.45) is 0 Å². The Morgan fingerprint density at radius 1 is 1.09 bits per heavy atom. The first kappa shape index (κ1) is 16.8. The number of hydrogen-bond acceptors (Lipinski definition) is 3. The van der Waals surface area contributed by atoms with E-state index in [1.54, 1.807) is 7.11 Å². The zero-order valence-corrected chi connectivity index (χ0v) is 13.4. The van der Waals surface area contributed by atoms with Gasteiger partial charge >= 0.3 is 6.03 Å². The number of ether oxygens (including phenoxy) is 1. The lowest BCUT2D eigenvalue weighted by Crippen LogP contribution is -2.34. The third-order valence-corrected chi connectivity index (χ3v) is 3.64. The molecule has 0 aliphatic rings. The molecule has 0 radical (unpaired) electrons. The molecule has 2 amide bonds. The number of benzene rings is 2. The molecule has 0 aromatic heterocycles. The zero-order chi connectivity index (χ0) is 16.7. The van der Waals surface area contributed by atoms with Crippen molar-refractivity contribution in [1.82, 2.24) is 10.6 Å². The summed E-state index contributed by atoms with van der Waals surface area (Å²) in [7, 11) is 1.64. The van der Waals surface area contributed by atoms with E-state index in [0.29, 0.717) is 13.1 Å². The number of rotatable bonds is 6. The van der Waals surface area contributed by atoms with Crippen molar-refractivity contribution in [3.8, 4) is 5.75 Å². The second-order valence-electron chi connectivity index (χ2n) is 5.27. The summed E-state index contributed by atoms with van der Waals surface area (Å²) in [5, 5.41) is 14.9. The maximum absolute atomic E-state index is 11.9. The molecule has 0 aliphatic heterocycles. The lowest BCUT2D eigenvalue weighted by Gasteiger charge is -2.11. The quantitative estimate of drug-likeness (QED) is 0.767. The van der Waals surface area contributed by atoms with E-state index >= 15 is 0 Å². The Morgan fingerprint density at radius 2 is 1.78 bits per heavy atom. The van der Waals surface area contributed by atoms with Crippen molar-refractivity contribution in [1.29, 1.82) is 0 Å². The highest BCUT2D eigenvalue weighted by Crippen LogP contribution is 2.18. The lowest BCUT2D eigenvalue weighted by molar-refractivity contribution is 0.239. The fourth-order valence-corrected chi connectivity index (χ4v) is 2.36. The fraction of sp³-hybridized carbons (Fsp3) is 0.278. The van der Waals surface area contributed by atoms with Gasteiger partial charge in [0.15, 0.2) is 0 Å². The average Bonchev–Trinajstić information content (AvgIpc) is 2.58. The summed E-state index contributed by atoms with van der Waals surface area (Å²) < 4.78 is 5.21. The number of methoxy groups -OCH3 is 1. The first-order valence-corrected chi connectivity index (χ1v) is 7.47. The number of carbonyl (C=O) groups is 1. The molecule has 2 aromatic carbocycles. The number of nitrogens with one attached hydrogen (secondary N) is 2. The molecule has 122 valence electrons. The Morgan fingerprint density at radius 3 is 2.43 bits per heavy atom. The van der Waals surface area contributed by atoms with Crippen LogP contribution in [0, 0.1) is 6.92 Å². The van der Waals surface area contributed by atoms with Gasteiger partial charge in [0.1, 0.15) is 5.75 Å². The van der Waals surface area contributed by atoms with Gasteiger partial charge in [-0.1, -0.05) is 36.4 Å². The van der Waals surface area contributed by atoms with Gasteiger partial charge in [0.05, 0.1) is 13.7 Å². The van der Waals surface area contributed by atoms with Crippen LogP contribution < -0.4 is 15.4 Å². The van der Waals surface area contributed by atoms with Crippen LogP contribution in [0.15, 0.2) is 42.5 Å². The highest BCUT2D eigenvalue weighted by Gasteiger charge is 2.05.